The lowest BCUT2D eigenvalue weighted by Gasteiger charge is -2.12. The molecule has 2 aromatic rings. The molecule has 0 spiro atoms. The molecule has 0 amide bonds. The van der Waals surface area contributed by atoms with Gasteiger partial charge in [-0.1, -0.05) is 12.1 Å². The molecule has 0 aliphatic carbocycles. The quantitative estimate of drug-likeness (QED) is 0.630. The molecule has 0 fully saturated rings. The van der Waals surface area contributed by atoms with Gasteiger partial charge in [0, 0.05) is 6.07 Å². The average molecular weight is 342 g/mol. The van der Waals surface area contributed by atoms with Gasteiger partial charge in [-0.05, 0) is 42.8 Å². The van der Waals surface area contributed by atoms with Crippen molar-refractivity contribution >= 4 is 17.8 Å². The van der Waals surface area contributed by atoms with E-state index in [1.807, 2.05) is 0 Å². The highest BCUT2D eigenvalue weighted by atomic mass is 19.1. The van der Waals surface area contributed by atoms with Gasteiger partial charge in [-0.15, -0.1) is 0 Å². The Labute approximate surface area is 143 Å². The Morgan fingerprint density at radius 2 is 2.04 bits per heavy atom. The van der Waals surface area contributed by atoms with Crippen LogP contribution in [-0.4, -0.2) is 25.0 Å². The monoisotopic (exact) mass is 342 g/mol. The van der Waals surface area contributed by atoms with Crippen molar-refractivity contribution in [3.8, 4) is 11.5 Å². The van der Waals surface area contributed by atoms with Crippen LogP contribution in [0.2, 0.25) is 0 Å². The summed E-state index contributed by atoms with van der Waals surface area (Å²) in [4.78, 5) is 23.8. The number of rotatable bonds is 4. The zero-order valence-corrected chi connectivity index (χ0v) is 13.6. The Morgan fingerprint density at radius 1 is 1.24 bits per heavy atom. The molecule has 2 aromatic carbocycles. The van der Waals surface area contributed by atoms with Crippen LogP contribution in [0.1, 0.15) is 22.8 Å². The summed E-state index contributed by atoms with van der Waals surface area (Å²) in [6, 6.07) is 10.5. The minimum atomic E-state index is -0.789. The summed E-state index contributed by atoms with van der Waals surface area (Å²) in [6.45, 7) is 1.56. The third kappa shape index (κ3) is 3.52. The fourth-order valence-corrected chi connectivity index (χ4v) is 2.41. The molecule has 0 saturated heterocycles. The Kier molecular flexibility index (Phi) is 4.52. The van der Waals surface area contributed by atoms with Gasteiger partial charge in [0.1, 0.15) is 17.3 Å². The molecular weight excluding hydrogens is 327 g/mol. The lowest BCUT2D eigenvalue weighted by atomic mass is 10.1. The van der Waals surface area contributed by atoms with Crippen LogP contribution in [0.3, 0.4) is 0 Å². The number of hydrogen-bond donors (Lipinski definition) is 0. The van der Waals surface area contributed by atoms with Crippen LogP contribution in [-0.2, 0) is 9.53 Å². The molecular formula is C19H15FO5. The van der Waals surface area contributed by atoms with Crippen LogP contribution >= 0.6 is 0 Å². The highest BCUT2D eigenvalue weighted by Crippen LogP contribution is 2.35. The van der Waals surface area contributed by atoms with E-state index in [-0.39, 0.29) is 11.5 Å². The van der Waals surface area contributed by atoms with Crippen LogP contribution in [0, 0.1) is 5.82 Å². The molecule has 1 atom stereocenters. The molecule has 0 saturated carbocycles. The van der Waals surface area contributed by atoms with Crippen molar-refractivity contribution in [1.82, 2.24) is 0 Å². The van der Waals surface area contributed by atoms with E-state index >= 15 is 0 Å². The van der Waals surface area contributed by atoms with E-state index in [2.05, 4.69) is 4.74 Å². The summed E-state index contributed by atoms with van der Waals surface area (Å²) in [6.07, 6.45) is 0.686. The second-order valence-electron chi connectivity index (χ2n) is 5.44. The van der Waals surface area contributed by atoms with Gasteiger partial charge < -0.3 is 14.2 Å². The number of esters is 1. The SMILES string of the molecule is COC(=O)C(C)Oc1ccc2c(c1)OC(=Cc1cccc(F)c1)C2=O. The topological polar surface area (TPSA) is 61.8 Å². The van der Waals surface area contributed by atoms with Crippen LogP contribution in [0.4, 0.5) is 4.39 Å². The summed E-state index contributed by atoms with van der Waals surface area (Å²) in [7, 11) is 1.27. The molecule has 1 aliphatic heterocycles. The molecule has 1 aliphatic rings. The maximum absolute atomic E-state index is 13.3. The first-order valence-corrected chi connectivity index (χ1v) is 7.56. The number of carbonyl (C=O) groups is 2. The largest absolute Gasteiger partial charge is 0.479 e. The third-order valence-electron chi connectivity index (χ3n) is 3.63. The minimum Gasteiger partial charge on any atom is -0.479 e. The first kappa shape index (κ1) is 16.7. The second kappa shape index (κ2) is 6.76. The molecule has 5 nitrogen and oxygen atoms in total. The Bertz CT molecular complexity index is 872. The number of hydrogen-bond acceptors (Lipinski definition) is 5. The van der Waals surface area contributed by atoms with Crippen molar-refractivity contribution in [2.45, 2.75) is 13.0 Å². The van der Waals surface area contributed by atoms with Crippen molar-refractivity contribution in [2.75, 3.05) is 7.11 Å². The number of allylic oxidation sites excluding steroid dienone is 1. The smallest absolute Gasteiger partial charge is 0.346 e. The Morgan fingerprint density at radius 3 is 2.76 bits per heavy atom. The normalized spacial score (nSPS) is 15.5. The second-order valence-corrected chi connectivity index (χ2v) is 5.44. The molecule has 0 radical (unpaired) electrons. The summed E-state index contributed by atoms with van der Waals surface area (Å²) >= 11 is 0. The maximum atomic E-state index is 13.3. The lowest BCUT2D eigenvalue weighted by Crippen LogP contribution is -2.24. The van der Waals surface area contributed by atoms with E-state index in [0.717, 1.165) is 0 Å². The number of methoxy groups -OCH3 is 1. The van der Waals surface area contributed by atoms with E-state index < -0.39 is 17.9 Å². The highest BCUT2D eigenvalue weighted by molar-refractivity contribution is 6.14. The molecule has 128 valence electrons. The first-order chi connectivity index (χ1) is 12.0. The van der Waals surface area contributed by atoms with Gasteiger partial charge in [0.2, 0.25) is 5.78 Å². The van der Waals surface area contributed by atoms with Crippen molar-refractivity contribution in [3.05, 3.63) is 65.2 Å². The van der Waals surface area contributed by atoms with E-state index in [1.165, 1.54) is 31.4 Å². The fraction of sp³-hybridized carbons (Fsp3) is 0.158. The number of benzene rings is 2. The summed E-state index contributed by atoms with van der Waals surface area (Å²) in [5.41, 5.74) is 0.896. The third-order valence-corrected chi connectivity index (χ3v) is 3.63. The number of Topliss-reactive ketones (excluding diaryl/α,β-unsaturated/α-hetero) is 1. The number of ketones is 1. The van der Waals surface area contributed by atoms with Gasteiger partial charge in [-0.25, -0.2) is 9.18 Å². The van der Waals surface area contributed by atoms with E-state index in [0.29, 0.717) is 22.6 Å². The molecule has 1 unspecified atom stereocenters. The van der Waals surface area contributed by atoms with Gasteiger partial charge in [0.05, 0.1) is 12.7 Å². The zero-order chi connectivity index (χ0) is 18.0. The predicted molar refractivity (Wildman–Crippen MR) is 87.9 cm³/mol. The van der Waals surface area contributed by atoms with Crippen molar-refractivity contribution in [1.29, 1.82) is 0 Å². The van der Waals surface area contributed by atoms with E-state index in [1.54, 1.807) is 31.2 Å². The number of fused-ring (bicyclic) bond motifs is 1. The summed E-state index contributed by atoms with van der Waals surface area (Å²) < 4.78 is 28.9. The standard InChI is InChI=1S/C19H15FO5/c1-11(19(22)23-2)24-14-6-7-15-16(10-14)25-17(18(15)21)9-12-4-3-5-13(20)8-12/h3-11H,1-2H3. The van der Waals surface area contributed by atoms with Gasteiger partial charge >= 0.3 is 5.97 Å². The summed E-state index contributed by atoms with van der Waals surface area (Å²) in [5, 5.41) is 0. The number of carbonyl (C=O) groups excluding carboxylic acids is 2. The maximum Gasteiger partial charge on any atom is 0.346 e. The Balaban J connectivity index is 1.83. The molecule has 6 heteroatoms. The first-order valence-electron chi connectivity index (χ1n) is 7.56. The minimum absolute atomic E-state index is 0.0961. The van der Waals surface area contributed by atoms with Gasteiger partial charge in [-0.2, -0.15) is 0 Å². The molecule has 0 bridgehead atoms. The molecule has 25 heavy (non-hydrogen) atoms. The zero-order valence-electron chi connectivity index (χ0n) is 13.6. The van der Waals surface area contributed by atoms with E-state index in [9.17, 15) is 14.0 Å². The lowest BCUT2D eigenvalue weighted by molar-refractivity contribution is -0.147. The number of ether oxygens (including phenoxy) is 3. The van der Waals surface area contributed by atoms with Crippen LogP contribution in [0.5, 0.6) is 11.5 Å². The summed E-state index contributed by atoms with van der Waals surface area (Å²) in [5.74, 6) is -0.418. The van der Waals surface area contributed by atoms with Gasteiger partial charge in [0.15, 0.2) is 11.9 Å². The highest BCUT2D eigenvalue weighted by Gasteiger charge is 2.28. The number of halogens is 1. The average Bonchev–Trinajstić information content (AvgIpc) is 2.89. The molecule has 0 aromatic heterocycles. The van der Waals surface area contributed by atoms with Crippen LogP contribution in [0.25, 0.3) is 6.08 Å². The van der Waals surface area contributed by atoms with Gasteiger partial charge in [0.25, 0.3) is 0 Å². The fourth-order valence-electron chi connectivity index (χ4n) is 2.41. The van der Waals surface area contributed by atoms with Crippen molar-refractivity contribution in [2.24, 2.45) is 0 Å². The van der Waals surface area contributed by atoms with Crippen LogP contribution in [0.15, 0.2) is 48.2 Å². The molecule has 1 heterocycles. The molecule has 3 rings (SSSR count). The van der Waals surface area contributed by atoms with Crippen molar-refractivity contribution in [3.63, 3.8) is 0 Å². The van der Waals surface area contributed by atoms with Gasteiger partial charge in [-0.3, -0.25) is 4.79 Å². The van der Waals surface area contributed by atoms with E-state index in [4.69, 9.17) is 9.47 Å². The molecule has 0 N–H and O–H groups in total. The predicted octanol–water partition coefficient (Wildman–Crippen LogP) is 3.38. The van der Waals surface area contributed by atoms with Crippen molar-refractivity contribution < 1.29 is 28.2 Å². The van der Waals surface area contributed by atoms with Crippen LogP contribution < -0.4 is 9.47 Å². The Hall–Kier alpha value is -3.15.